The lowest BCUT2D eigenvalue weighted by Gasteiger charge is -2.24. The summed E-state index contributed by atoms with van der Waals surface area (Å²) in [4.78, 5) is 4.69. The van der Waals surface area contributed by atoms with Crippen LogP contribution in [0, 0.1) is 0 Å². The molecule has 0 bridgehead atoms. The third-order valence-corrected chi connectivity index (χ3v) is 3.39. The van der Waals surface area contributed by atoms with Crippen molar-refractivity contribution < 1.29 is 0 Å². The lowest BCUT2D eigenvalue weighted by molar-refractivity contribution is 0.526. The monoisotopic (exact) mass is 191 g/mol. The van der Waals surface area contributed by atoms with Crippen LogP contribution in [0.2, 0.25) is 0 Å². The van der Waals surface area contributed by atoms with Gasteiger partial charge in [0.1, 0.15) is 0 Å². The van der Waals surface area contributed by atoms with E-state index in [0.717, 1.165) is 12.5 Å². The van der Waals surface area contributed by atoms with Crippen molar-refractivity contribution in [1.82, 2.24) is 9.55 Å². The van der Waals surface area contributed by atoms with Crippen molar-refractivity contribution >= 4 is 5.95 Å². The topological polar surface area (TPSA) is 29.9 Å². The van der Waals surface area contributed by atoms with Crippen LogP contribution in [0.5, 0.6) is 0 Å². The zero-order valence-electron chi connectivity index (χ0n) is 8.71. The van der Waals surface area contributed by atoms with E-state index in [1.165, 1.54) is 43.5 Å². The fourth-order valence-corrected chi connectivity index (χ4v) is 2.57. The van der Waals surface area contributed by atoms with E-state index in [9.17, 15) is 0 Å². The molecule has 1 aliphatic carbocycles. The Bertz CT molecular complexity index is 354. The summed E-state index contributed by atoms with van der Waals surface area (Å²) < 4.78 is 2.40. The van der Waals surface area contributed by atoms with E-state index in [0.29, 0.717) is 6.04 Å². The zero-order valence-corrected chi connectivity index (χ0v) is 8.71. The highest BCUT2D eigenvalue weighted by molar-refractivity contribution is 5.37. The van der Waals surface area contributed by atoms with Crippen molar-refractivity contribution in [2.24, 2.45) is 0 Å². The van der Waals surface area contributed by atoms with E-state index in [-0.39, 0.29) is 0 Å². The number of hydrogen-bond donors (Lipinski definition) is 1. The van der Waals surface area contributed by atoms with Crippen LogP contribution in [0.25, 0.3) is 0 Å². The van der Waals surface area contributed by atoms with E-state index in [1.54, 1.807) is 0 Å². The summed E-state index contributed by atoms with van der Waals surface area (Å²) in [5.74, 6) is 1.12. The molecule has 0 aromatic carbocycles. The van der Waals surface area contributed by atoms with Crippen molar-refractivity contribution in [3.05, 3.63) is 11.4 Å². The maximum absolute atomic E-state index is 4.69. The standard InChI is InChI=1S/C11H17N3/c1-8-6-7-14-10-5-3-2-4-9(10)13-11(14)12-8/h8H,2-7H2,1H3,(H,12,13). The average Bonchev–Trinajstić information content (AvgIpc) is 2.54. The van der Waals surface area contributed by atoms with Crippen LogP contribution < -0.4 is 5.32 Å². The Hall–Kier alpha value is -0.990. The molecule has 3 nitrogen and oxygen atoms in total. The van der Waals surface area contributed by atoms with Crippen LogP contribution in [0.1, 0.15) is 37.6 Å². The Kier molecular flexibility index (Phi) is 1.79. The fourth-order valence-electron chi connectivity index (χ4n) is 2.57. The van der Waals surface area contributed by atoms with Gasteiger partial charge in [-0.15, -0.1) is 0 Å². The number of aryl methyl sites for hydroxylation is 1. The minimum absolute atomic E-state index is 0.589. The van der Waals surface area contributed by atoms with E-state index in [2.05, 4.69) is 16.8 Å². The second-order valence-corrected chi connectivity index (χ2v) is 4.52. The van der Waals surface area contributed by atoms with Gasteiger partial charge in [-0.1, -0.05) is 0 Å². The molecule has 0 saturated heterocycles. The summed E-state index contributed by atoms with van der Waals surface area (Å²) >= 11 is 0. The van der Waals surface area contributed by atoms with Gasteiger partial charge in [0.05, 0.1) is 5.69 Å². The predicted octanol–water partition coefficient (Wildman–Crippen LogP) is 1.97. The molecule has 1 N–H and O–H groups in total. The molecule has 3 heteroatoms. The van der Waals surface area contributed by atoms with Gasteiger partial charge in [0, 0.05) is 18.3 Å². The maximum atomic E-state index is 4.69. The maximum Gasteiger partial charge on any atom is 0.203 e. The number of imidazole rings is 1. The molecule has 0 amide bonds. The zero-order chi connectivity index (χ0) is 9.54. The predicted molar refractivity (Wildman–Crippen MR) is 56.6 cm³/mol. The minimum Gasteiger partial charge on any atom is -0.353 e. The van der Waals surface area contributed by atoms with Crippen molar-refractivity contribution in [1.29, 1.82) is 0 Å². The average molecular weight is 191 g/mol. The van der Waals surface area contributed by atoms with Crippen LogP contribution in [-0.2, 0) is 19.4 Å². The molecule has 0 fully saturated rings. The lowest BCUT2D eigenvalue weighted by Crippen LogP contribution is -2.26. The Morgan fingerprint density at radius 3 is 3.14 bits per heavy atom. The highest BCUT2D eigenvalue weighted by atomic mass is 15.2. The minimum atomic E-state index is 0.589. The summed E-state index contributed by atoms with van der Waals surface area (Å²) in [7, 11) is 0. The number of fused-ring (bicyclic) bond motifs is 3. The number of rotatable bonds is 0. The Balaban J connectivity index is 2.04. The SMILES string of the molecule is CC1CCn2c(nc3c2CCCC3)N1. The first-order chi connectivity index (χ1) is 6.84. The van der Waals surface area contributed by atoms with E-state index < -0.39 is 0 Å². The van der Waals surface area contributed by atoms with Gasteiger partial charge in [-0.25, -0.2) is 4.98 Å². The van der Waals surface area contributed by atoms with Crippen molar-refractivity contribution in [3.63, 3.8) is 0 Å². The molecule has 0 radical (unpaired) electrons. The molecule has 3 rings (SSSR count). The molecule has 0 spiro atoms. The first-order valence-corrected chi connectivity index (χ1v) is 5.69. The fraction of sp³-hybridized carbons (Fsp3) is 0.727. The van der Waals surface area contributed by atoms with Gasteiger partial charge >= 0.3 is 0 Å². The van der Waals surface area contributed by atoms with E-state index in [1.807, 2.05) is 0 Å². The smallest absolute Gasteiger partial charge is 0.203 e. The van der Waals surface area contributed by atoms with Gasteiger partial charge in [0.15, 0.2) is 0 Å². The van der Waals surface area contributed by atoms with Gasteiger partial charge in [-0.3, -0.25) is 0 Å². The number of hydrogen-bond acceptors (Lipinski definition) is 2. The first kappa shape index (κ1) is 8.33. The van der Waals surface area contributed by atoms with Gasteiger partial charge in [0.25, 0.3) is 0 Å². The molecule has 2 heterocycles. The van der Waals surface area contributed by atoms with E-state index in [4.69, 9.17) is 4.98 Å². The molecule has 76 valence electrons. The highest BCUT2D eigenvalue weighted by Crippen LogP contribution is 2.27. The van der Waals surface area contributed by atoms with Crippen LogP contribution in [-0.4, -0.2) is 15.6 Å². The summed E-state index contributed by atoms with van der Waals surface area (Å²) in [5.41, 5.74) is 2.86. The first-order valence-electron chi connectivity index (χ1n) is 5.69. The second kappa shape index (κ2) is 3.01. The van der Waals surface area contributed by atoms with Crippen LogP contribution >= 0.6 is 0 Å². The van der Waals surface area contributed by atoms with Crippen molar-refractivity contribution in [3.8, 4) is 0 Å². The quantitative estimate of drug-likeness (QED) is 0.679. The van der Waals surface area contributed by atoms with Gasteiger partial charge in [-0.2, -0.15) is 0 Å². The molecule has 14 heavy (non-hydrogen) atoms. The second-order valence-electron chi connectivity index (χ2n) is 4.52. The number of aromatic nitrogens is 2. The van der Waals surface area contributed by atoms with Crippen molar-refractivity contribution in [2.45, 2.75) is 51.6 Å². The summed E-state index contributed by atoms with van der Waals surface area (Å²) in [6.45, 7) is 3.39. The number of nitrogens with one attached hydrogen (secondary N) is 1. The molecular formula is C11H17N3. The largest absolute Gasteiger partial charge is 0.353 e. The van der Waals surface area contributed by atoms with Gasteiger partial charge < -0.3 is 9.88 Å². The lowest BCUT2D eigenvalue weighted by atomic mass is 10.0. The molecule has 1 aromatic heterocycles. The van der Waals surface area contributed by atoms with Gasteiger partial charge in [0.2, 0.25) is 5.95 Å². The normalized spacial score (nSPS) is 25.1. The molecule has 1 aromatic rings. The van der Waals surface area contributed by atoms with Crippen molar-refractivity contribution in [2.75, 3.05) is 5.32 Å². The Morgan fingerprint density at radius 2 is 2.21 bits per heavy atom. The summed E-state index contributed by atoms with van der Waals surface area (Å²) in [6.07, 6.45) is 6.31. The molecule has 1 aliphatic heterocycles. The molecule has 0 saturated carbocycles. The third kappa shape index (κ3) is 1.15. The third-order valence-electron chi connectivity index (χ3n) is 3.39. The number of nitrogens with zero attached hydrogens (tertiary/aromatic N) is 2. The number of anilines is 1. The Labute approximate surface area is 84.5 Å². The van der Waals surface area contributed by atoms with Crippen LogP contribution in [0.3, 0.4) is 0 Å². The highest BCUT2D eigenvalue weighted by Gasteiger charge is 2.23. The Morgan fingerprint density at radius 1 is 1.36 bits per heavy atom. The molecule has 2 aliphatic rings. The van der Waals surface area contributed by atoms with Crippen LogP contribution in [0.15, 0.2) is 0 Å². The molecular weight excluding hydrogens is 174 g/mol. The van der Waals surface area contributed by atoms with Gasteiger partial charge in [-0.05, 0) is 39.0 Å². The van der Waals surface area contributed by atoms with Crippen LogP contribution in [0.4, 0.5) is 5.95 Å². The molecule has 1 unspecified atom stereocenters. The summed E-state index contributed by atoms with van der Waals surface area (Å²) in [6, 6.07) is 0.589. The van der Waals surface area contributed by atoms with E-state index >= 15 is 0 Å². The molecule has 1 atom stereocenters. The summed E-state index contributed by atoms with van der Waals surface area (Å²) in [5, 5.41) is 3.47.